The molecular weight excluding hydrogens is 269 g/mol. The summed E-state index contributed by atoms with van der Waals surface area (Å²) in [6.45, 7) is 5.94. The molecule has 2 N–H and O–H groups in total. The van der Waals surface area contributed by atoms with Crippen LogP contribution < -0.4 is 5.73 Å². The molecule has 0 aliphatic rings. The first-order valence-corrected chi connectivity index (χ1v) is 5.75. The quantitative estimate of drug-likeness (QED) is 0.942. The molecule has 0 atom stereocenters. The van der Waals surface area contributed by atoms with Gasteiger partial charge < -0.3 is 10.3 Å². The van der Waals surface area contributed by atoms with Crippen molar-refractivity contribution in [2.45, 2.75) is 26.2 Å². The molecule has 4 nitrogen and oxygen atoms in total. The summed E-state index contributed by atoms with van der Waals surface area (Å²) in [6, 6.07) is 4.86. The van der Waals surface area contributed by atoms with E-state index in [9.17, 15) is 4.39 Å². The third-order valence-electron chi connectivity index (χ3n) is 2.95. The van der Waals surface area contributed by atoms with Crippen molar-refractivity contribution in [3.8, 4) is 11.4 Å². The topological polar surface area (TPSA) is 64.9 Å². The Kier molecular flexibility index (Phi) is 4.66. The van der Waals surface area contributed by atoms with E-state index in [1.165, 1.54) is 6.07 Å². The van der Waals surface area contributed by atoms with Crippen molar-refractivity contribution >= 4 is 12.4 Å². The molecule has 104 valence electrons. The van der Waals surface area contributed by atoms with Crippen LogP contribution in [0.5, 0.6) is 0 Å². The Balaban J connectivity index is 0.00000180. The summed E-state index contributed by atoms with van der Waals surface area (Å²) < 4.78 is 18.6. The second kappa shape index (κ2) is 5.67. The fourth-order valence-electron chi connectivity index (χ4n) is 1.43. The molecule has 0 saturated carbocycles. The molecule has 0 unspecified atom stereocenters. The summed E-state index contributed by atoms with van der Waals surface area (Å²) in [6.07, 6.45) is 0. The van der Waals surface area contributed by atoms with Crippen LogP contribution in [0.4, 0.5) is 4.39 Å². The number of aromatic nitrogens is 2. The Labute approximate surface area is 117 Å². The molecular formula is C13H17ClFN3O. The highest BCUT2D eigenvalue weighted by atomic mass is 35.5. The summed E-state index contributed by atoms with van der Waals surface area (Å²) in [5.74, 6) is 0.559. The van der Waals surface area contributed by atoms with Crippen LogP contribution in [0, 0.1) is 12.7 Å². The van der Waals surface area contributed by atoms with E-state index in [2.05, 4.69) is 10.1 Å². The molecule has 0 saturated heterocycles. The summed E-state index contributed by atoms with van der Waals surface area (Å²) >= 11 is 0. The highest BCUT2D eigenvalue weighted by Crippen LogP contribution is 2.24. The molecule has 0 spiro atoms. The molecule has 0 radical (unpaired) electrons. The molecule has 1 aromatic heterocycles. The molecule has 0 amide bonds. The third-order valence-corrected chi connectivity index (χ3v) is 2.95. The SMILES string of the molecule is Cc1ccc(-c2noc(C(C)(C)CN)n2)cc1F.Cl. The lowest BCUT2D eigenvalue weighted by molar-refractivity contribution is 0.311. The van der Waals surface area contributed by atoms with Gasteiger partial charge in [-0.1, -0.05) is 17.3 Å². The van der Waals surface area contributed by atoms with Gasteiger partial charge in [0, 0.05) is 12.1 Å². The van der Waals surface area contributed by atoms with Gasteiger partial charge in [-0.15, -0.1) is 12.4 Å². The lowest BCUT2D eigenvalue weighted by Gasteiger charge is -2.15. The lowest BCUT2D eigenvalue weighted by atomic mass is 9.94. The Morgan fingerprint density at radius 1 is 1.37 bits per heavy atom. The van der Waals surface area contributed by atoms with Gasteiger partial charge in [0.05, 0.1) is 5.41 Å². The molecule has 6 heteroatoms. The maximum Gasteiger partial charge on any atom is 0.233 e. The van der Waals surface area contributed by atoms with Gasteiger partial charge in [-0.2, -0.15) is 4.98 Å². The molecule has 1 heterocycles. The third kappa shape index (κ3) is 3.11. The maximum atomic E-state index is 13.5. The number of rotatable bonds is 3. The Hall–Kier alpha value is -1.46. The lowest BCUT2D eigenvalue weighted by Crippen LogP contribution is -2.28. The molecule has 0 bridgehead atoms. The standard InChI is InChI=1S/C13H16FN3O.ClH/c1-8-4-5-9(6-10(8)14)11-16-12(18-17-11)13(2,3)7-15;/h4-6H,7,15H2,1-3H3;1H. The predicted molar refractivity (Wildman–Crippen MR) is 73.8 cm³/mol. The first kappa shape index (κ1) is 15.6. The van der Waals surface area contributed by atoms with E-state index in [0.717, 1.165) is 0 Å². The second-order valence-electron chi connectivity index (χ2n) is 4.98. The highest BCUT2D eigenvalue weighted by Gasteiger charge is 2.26. The van der Waals surface area contributed by atoms with Crippen LogP contribution in [0.3, 0.4) is 0 Å². The van der Waals surface area contributed by atoms with E-state index in [4.69, 9.17) is 10.3 Å². The van der Waals surface area contributed by atoms with Gasteiger partial charge in [0.2, 0.25) is 11.7 Å². The monoisotopic (exact) mass is 285 g/mol. The number of aryl methyl sites for hydroxylation is 1. The van der Waals surface area contributed by atoms with Gasteiger partial charge in [0.15, 0.2) is 0 Å². The molecule has 2 rings (SSSR count). The van der Waals surface area contributed by atoms with Crippen LogP contribution in [0.2, 0.25) is 0 Å². The van der Waals surface area contributed by atoms with Crippen molar-refractivity contribution in [3.63, 3.8) is 0 Å². The molecule has 19 heavy (non-hydrogen) atoms. The number of hydrogen-bond donors (Lipinski definition) is 1. The van der Waals surface area contributed by atoms with Crippen LogP contribution in [0.1, 0.15) is 25.3 Å². The number of halogens is 2. The zero-order valence-electron chi connectivity index (χ0n) is 11.1. The Bertz CT molecular complexity index is 569. The molecule has 2 aromatic rings. The molecule has 0 fully saturated rings. The van der Waals surface area contributed by atoms with Gasteiger partial charge in [0.25, 0.3) is 0 Å². The average Bonchev–Trinajstić information content (AvgIpc) is 2.83. The van der Waals surface area contributed by atoms with Gasteiger partial charge in [-0.05, 0) is 32.4 Å². The van der Waals surface area contributed by atoms with Crippen molar-refractivity contribution in [2.24, 2.45) is 5.73 Å². The van der Waals surface area contributed by atoms with E-state index in [0.29, 0.717) is 29.4 Å². The van der Waals surface area contributed by atoms with Crippen LogP contribution in [0.15, 0.2) is 22.7 Å². The normalized spacial score (nSPS) is 11.2. The van der Waals surface area contributed by atoms with Crippen molar-refractivity contribution in [2.75, 3.05) is 6.54 Å². The Morgan fingerprint density at radius 2 is 2.05 bits per heavy atom. The largest absolute Gasteiger partial charge is 0.338 e. The van der Waals surface area contributed by atoms with Gasteiger partial charge in [-0.3, -0.25) is 0 Å². The van der Waals surface area contributed by atoms with Crippen molar-refractivity contribution in [1.29, 1.82) is 0 Å². The summed E-state index contributed by atoms with van der Waals surface area (Å²) in [4.78, 5) is 4.27. The van der Waals surface area contributed by atoms with E-state index in [1.807, 2.05) is 13.8 Å². The van der Waals surface area contributed by atoms with Crippen molar-refractivity contribution in [1.82, 2.24) is 10.1 Å². The van der Waals surface area contributed by atoms with Crippen LogP contribution in [-0.4, -0.2) is 16.7 Å². The van der Waals surface area contributed by atoms with Crippen LogP contribution in [0.25, 0.3) is 11.4 Å². The molecule has 1 aromatic carbocycles. The molecule has 0 aliphatic heterocycles. The first-order valence-electron chi connectivity index (χ1n) is 5.75. The van der Waals surface area contributed by atoms with E-state index in [1.54, 1.807) is 19.1 Å². The second-order valence-corrected chi connectivity index (χ2v) is 4.98. The van der Waals surface area contributed by atoms with Gasteiger partial charge >= 0.3 is 0 Å². The number of nitrogens with two attached hydrogens (primary N) is 1. The first-order chi connectivity index (χ1) is 8.44. The minimum atomic E-state index is -0.380. The minimum Gasteiger partial charge on any atom is -0.338 e. The van der Waals surface area contributed by atoms with Crippen molar-refractivity contribution < 1.29 is 8.91 Å². The number of hydrogen-bond acceptors (Lipinski definition) is 4. The van der Waals surface area contributed by atoms with Crippen LogP contribution in [-0.2, 0) is 5.41 Å². The zero-order chi connectivity index (χ0) is 13.3. The predicted octanol–water partition coefficient (Wildman–Crippen LogP) is 2.84. The average molecular weight is 286 g/mol. The number of benzene rings is 1. The summed E-state index contributed by atoms with van der Waals surface area (Å²) in [5, 5.41) is 3.86. The van der Waals surface area contributed by atoms with E-state index < -0.39 is 0 Å². The van der Waals surface area contributed by atoms with Crippen molar-refractivity contribution in [3.05, 3.63) is 35.5 Å². The fraction of sp³-hybridized carbons (Fsp3) is 0.385. The van der Waals surface area contributed by atoms with Gasteiger partial charge in [0.1, 0.15) is 5.82 Å². The van der Waals surface area contributed by atoms with E-state index in [-0.39, 0.29) is 23.6 Å². The maximum absolute atomic E-state index is 13.5. The number of nitrogens with zero attached hydrogens (tertiary/aromatic N) is 2. The fourth-order valence-corrected chi connectivity index (χ4v) is 1.43. The smallest absolute Gasteiger partial charge is 0.233 e. The van der Waals surface area contributed by atoms with Gasteiger partial charge in [-0.25, -0.2) is 4.39 Å². The molecule has 0 aliphatic carbocycles. The summed E-state index contributed by atoms with van der Waals surface area (Å²) in [7, 11) is 0. The van der Waals surface area contributed by atoms with E-state index >= 15 is 0 Å². The zero-order valence-corrected chi connectivity index (χ0v) is 11.9. The summed E-state index contributed by atoms with van der Waals surface area (Å²) in [5.41, 5.74) is 6.45. The Morgan fingerprint density at radius 3 is 2.63 bits per heavy atom. The minimum absolute atomic E-state index is 0. The van der Waals surface area contributed by atoms with Crippen LogP contribution >= 0.6 is 12.4 Å². The highest BCUT2D eigenvalue weighted by molar-refractivity contribution is 5.85.